The molecule has 1 aromatic carbocycles. The van der Waals surface area contributed by atoms with Crippen LogP contribution in [0.25, 0.3) is 5.69 Å². The Bertz CT molecular complexity index is 898. The second-order valence-corrected chi connectivity index (χ2v) is 7.84. The Kier molecular flexibility index (Phi) is 4.91. The van der Waals surface area contributed by atoms with E-state index in [1.165, 1.54) is 12.1 Å². The Morgan fingerprint density at radius 3 is 2.50 bits per heavy atom. The molecule has 2 aromatic rings. The van der Waals surface area contributed by atoms with Gasteiger partial charge >= 0.3 is 5.97 Å². The first kappa shape index (κ1) is 18.7. The molecule has 1 saturated carbocycles. The molecule has 2 aliphatic rings. The lowest BCUT2D eigenvalue weighted by atomic mass is 9.74. The van der Waals surface area contributed by atoms with E-state index in [9.17, 15) is 19.1 Å². The molecule has 1 heterocycles. The van der Waals surface area contributed by atoms with Crippen LogP contribution in [-0.2, 0) is 17.6 Å². The molecular weight excluding hydrogens is 361 g/mol. The minimum absolute atomic E-state index is 0.124. The zero-order valence-corrected chi connectivity index (χ0v) is 15.7. The minimum Gasteiger partial charge on any atom is -0.481 e. The minimum atomic E-state index is -0.878. The fraction of sp³-hybridized carbons (Fsp3) is 0.476. The van der Waals surface area contributed by atoms with E-state index in [1.807, 2.05) is 0 Å². The summed E-state index contributed by atoms with van der Waals surface area (Å²) in [6.07, 6.45) is 6.48. The summed E-state index contributed by atoms with van der Waals surface area (Å²) >= 11 is 0. The molecule has 148 valence electrons. The van der Waals surface area contributed by atoms with Gasteiger partial charge in [-0.25, -0.2) is 9.07 Å². The van der Waals surface area contributed by atoms with Crippen molar-refractivity contribution in [2.75, 3.05) is 6.54 Å². The number of hydrogen-bond donors (Lipinski definition) is 2. The molecule has 0 saturated heterocycles. The van der Waals surface area contributed by atoms with Crippen molar-refractivity contribution in [3.8, 4) is 5.69 Å². The van der Waals surface area contributed by atoms with Crippen LogP contribution in [0.2, 0.25) is 0 Å². The predicted octanol–water partition coefficient (Wildman–Crippen LogP) is 3.27. The SMILES string of the molecule is O=C(NCC1(C(=O)O)CCCCC1)c1nn(-c2ccc(F)cc2)c2c1CCC2. The van der Waals surface area contributed by atoms with Gasteiger partial charge < -0.3 is 10.4 Å². The van der Waals surface area contributed by atoms with Crippen molar-refractivity contribution in [3.05, 3.63) is 47.0 Å². The third kappa shape index (κ3) is 3.30. The van der Waals surface area contributed by atoms with Crippen molar-refractivity contribution in [2.45, 2.75) is 51.4 Å². The normalized spacial score (nSPS) is 17.9. The summed E-state index contributed by atoms with van der Waals surface area (Å²) in [7, 11) is 0. The first-order valence-electron chi connectivity index (χ1n) is 9.88. The highest BCUT2D eigenvalue weighted by atomic mass is 19.1. The van der Waals surface area contributed by atoms with Crippen LogP contribution in [0.1, 0.15) is 60.3 Å². The first-order chi connectivity index (χ1) is 13.5. The molecule has 2 N–H and O–H groups in total. The monoisotopic (exact) mass is 385 g/mol. The number of halogens is 1. The molecule has 7 heteroatoms. The van der Waals surface area contributed by atoms with Gasteiger partial charge in [0.15, 0.2) is 5.69 Å². The van der Waals surface area contributed by atoms with Gasteiger partial charge in [0.1, 0.15) is 5.82 Å². The summed E-state index contributed by atoms with van der Waals surface area (Å²) < 4.78 is 15.0. The number of nitrogens with one attached hydrogen (secondary N) is 1. The zero-order valence-electron chi connectivity index (χ0n) is 15.7. The van der Waals surface area contributed by atoms with Crippen LogP contribution in [0.3, 0.4) is 0 Å². The standard InChI is InChI=1S/C21H24FN3O3/c22-14-7-9-15(10-8-14)25-17-6-4-5-16(17)18(24-25)19(26)23-13-21(20(27)28)11-2-1-3-12-21/h7-10H,1-6,11-13H2,(H,23,26)(H,27,28). The zero-order chi connectivity index (χ0) is 19.7. The van der Waals surface area contributed by atoms with Gasteiger partial charge in [0.05, 0.1) is 11.1 Å². The number of fused-ring (bicyclic) bond motifs is 1. The molecular formula is C21H24FN3O3. The van der Waals surface area contributed by atoms with Crippen LogP contribution in [0.5, 0.6) is 0 Å². The van der Waals surface area contributed by atoms with E-state index in [0.29, 0.717) is 24.2 Å². The molecule has 0 spiro atoms. The summed E-state index contributed by atoms with van der Waals surface area (Å²) in [6, 6.07) is 6.03. The quantitative estimate of drug-likeness (QED) is 0.827. The molecule has 0 bridgehead atoms. The molecule has 2 aliphatic carbocycles. The third-order valence-corrected chi connectivity index (χ3v) is 6.07. The van der Waals surface area contributed by atoms with E-state index in [2.05, 4.69) is 10.4 Å². The molecule has 4 rings (SSSR count). The maximum atomic E-state index is 13.2. The molecule has 0 radical (unpaired) electrons. The highest BCUT2D eigenvalue weighted by Gasteiger charge is 2.40. The number of carboxylic acids is 1. The Morgan fingerprint density at radius 1 is 1.11 bits per heavy atom. The number of carbonyl (C=O) groups excluding carboxylic acids is 1. The fourth-order valence-corrected chi connectivity index (χ4v) is 4.44. The van der Waals surface area contributed by atoms with Gasteiger partial charge in [-0.05, 0) is 56.4 Å². The molecule has 1 fully saturated rings. The highest BCUT2D eigenvalue weighted by Crippen LogP contribution is 2.36. The van der Waals surface area contributed by atoms with Crippen molar-refractivity contribution in [1.82, 2.24) is 15.1 Å². The molecule has 28 heavy (non-hydrogen) atoms. The Hall–Kier alpha value is -2.70. The van der Waals surface area contributed by atoms with Crippen LogP contribution in [0.15, 0.2) is 24.3 Å². The number of carbonyl (C=O) groups is 2. The largest absolute Gasteiger partial charge is 0.481 e. The van der Waals surface area contributed by atoms with Gasteiger partial charge in [0, 0.05) is 17.8 Å². The molecule has 1 aromatic heterocycles. The number of benzene rings is 1. The second-order valence-electron chi connectivity index (χ2n) is 7.84. The van der Waals surface area contributed by atoms with Crippen molar-refractivity contribution in [3.63, 3.8) is 0 Å². The highest BCUT2D eigenvalue weighted by molar-refractivity contribution is 5.94. The summed E-state index contributed by atoms with van der Waals surface area (Å²) in [5.41, 5.74) is 2.08. The molecule has 6 nitrogen and oxygen atoms in total. The van der Waals surface area contributed by atoms with E-state index in [0.717, 1.165) is 49.8 Å². The van der Waals surface area contributed by atoms with E-state index in [1.54, 1.807) is 16.8 Å². The Morgan fingerprint density at radius 2 is 1.82 bits per heavy atom. The second kappa shape index (κ2) is 7.37. The summed E-state index contributed by atoms with van der Waals surface area (Å²) in [6.45, 7) is 0.124. The number of amides is 1. The predicted molar refractivity (Wildman–Crippen MR) is 101 cm³/mol. The maximum absolute atomic E-state index is 13.2. The summed E-state index contributed by atoms with van der Waals surface area (Å²) in [5, 5.41) is 17.0. The average molecular weight is 385 g/mol. The summed E-state index contributed by atoms with van der Waals surface area (Å²) in [4.78, 5) is 24.7. The van der Waals surface area contributed by atoms with E-state index < -0.39 is 11.4 Å². The lowest BCUT2D eigenvalue weighted by Crippen LogP contribution is -2.44. The summed E-state index contributed by atoms with van der Waals surface area (Å²) in [5.74, 6) is -1.49. The van der Waals surface area contributed by atoms with Crippen LogP contribution in [-0.4, -0.2) is 33.3 Å². The van der Waals surface area contributed by atoms with Crippen molar-refractivity contribution in [1.29, 1.82) is 0 Å². The first-order valence-corrected chi connectivity index (χ1v) is 9.88. The van der Waals surface area contributed by atoms with Gasteiger partial charge in [-0.1, -0.05) is 19.3 Å². The molecule has 1 amide bonds. The van der Waals surface area contributed by atoms with E-state index >= 15 is 0 Å². The number of aromatic nitrogens is 2. The molecule has 0 atom stereocenters. The van der Waals surface area contributed by atoms with Crippen LogP contribution < -0.4 is 5.32 Å². The van der Waals surface area contributed by atoms with Crippen molar-refractivity contribution < 1.29 is 19.1 Å². The number of aliphatic carboxylic acids is 1. The number of rotatable bonds is 5. The Balaban J connectivity index is 1.57. The maximum Gasteiger partial charge on any atom is 0.311 e. The van der Waals surface area contributed by atoms with E-state index in [-0.39, 0.29) is 18.3 Å². The lowest BCUT2D eigenvalue weighted by Gasteiger charge is -2.33. The number of carboxylic acid groups (broad SMARTS) is 1. The van der Waals surface area contributed by atoms with Crippen molar-refractivity contribution >= 4 is 11.9 Å². The number of nitrogens with zero attached hydrogens (tertiary/aromatic N) is 2. The topological polar surface area (TPSA) is 84.2 Å². The fourth-order valence-electron chi connectivity index (χ4n) is 4.44. The molecule has 0 aliphatic heterocycles. The molecule has 0 unspecified atom stereocenters. The lowest BCUT2D eigenvalue weighted by molar-refractivity contribution is -0.150. The third-order valence-electron chi connectivity index (χ3n) is 6.07. The van der Waals surface area contributed by atoms with Gasteiger partial charge in [0.25, 0.3) is 5.91 Å². The van der Waals surface area contributed by atoms with E-state index in [4.69, 9.17) is 0 Å². The Labute approximate surface area is 162 Å². The van der Waals surface area contributed by atoms with Crippen LogP contribution in [0.4, 0.5) is 4.39 Å². The smallest absolute Gasteiger partial charge is 0.311 e. The van der Waals surface area contributed by atoms with Gasteiger partial charge in [-0.2, -0.15) is 5.10 Å². The van der Waals surface area contributed by atoms with Crippen molar-refractivity contribution in [2.24, 2.45) is 5.41 Å². The van der Waals surface area contributed by atoms with Gasteiger partial charge in [0.2, 0.25) is 0 Å². The van der Waals surface area contributed by atoms with Crippen LogP contribution >= 0.6 is 0 Å². The van der Waals surface area contributed by atoms with Crippen LogP contribution in [0, 0.1) is 11.2 Å². The van der Waals surface area contributed by atoms with Gasteiger partial charge in [-0.3, -0.25) is 9.59 Å². The number of hydrogen-bond acceptors (Lipinski definition) is 3. The van der Waals surface area contributed by atoms with Gasteiger partial charge in [-0.15, -0.1) is 0 Å². The average Bonchev–Trinajstić information content (AvgIpc) is 3.30.